The van der Waals surface area contributed by atoms with Gasteiger partial charge in [-0.15, -0.1) is 11.3 Å². The van der Waals surface area contributed by atoms with E-state index in [0.29, 0.717) is 16.7 Å². The Morgan fingerprint density at radius 2 is 2.10 bits per heavy atom. The summed E-state index contributed by atoms with van der Waals surface area (Å²) in [4.78, 5) is 0. The Hall–Kier alpha value is -0.0800. The number of thiophene rings is 1. The second-order valence-electron chi connectivity index (χ2n) is 4.96. The van der Waals surface area contributed by atoms with Gasteiger partial charge in [0.2, 0.25) is 10.0 Å². The highest BCUT2D eigenvalue weighted by Gasteiger charge is 2.20. The van der Waals surface area contributed by atoms with E-state index in [9.17, 15) is 8.42 Å². The second-order valence-corrected chi connectivity index (χ2v) is 9.09. The van der Waals surface area contributed by atoms with Crippen molar-refractivity contribution in [3.05, 3.63) is 17.0 Å². The minimum absolute atomic E-state index is 0.426. The molecule has 1 aliphatic heterocycles. The normalized spacial score (nSPS) is 17.4. The minimum atomic E-state index is -3.33. The first-order valence-corrected chi connectivity index (χ1v) is 10.5. The molecule has 2 heterocycles. The van der Waals surface area contributed by atoms with Crippen LogP contribution in [0.3, 0.4) is 0 Å². The number of thioether (sulfide) groups is 1. The molecular weight excluding hydrogens is 312 g/mol. The quantitative estimate of drug-likeness (QED) is 0.803. The number of nitrogens with one attached hydrogen (secondary N) is 2. The summed E-state index contributed by atoms with van der Waals surface area (Å²) in [7, 11) is -3.33. The molecular formula is C13H22N2O2S3. The second kappa shape index (κ2) is 7.79. The van der Waals surface area contributed by atoms with Crippen molar-refractivity contribution in [2.45, 2.75) is 30.5 Å². The largest absolute Gasteiger partial charge is 0.313 e. The number of hydrogen-bond acceptors (Lipinski definition) is 5. The van der Waals surface area contributed by atoms with Crippen LogP contribution in [0.1, 0.15) is 25.3 Å². The number of hydrogen-bond donors (Lipinski definition) is 2. The molecule has 1 aliphatic rings. The van der Waals surface area contributed by atoms with Crippen LogP contribution in [-0.4, -0.2) is 33.0 Å². The van der Waals surface area contributed by atoms with E-state index < -0.39 is 10.0 Å². The van der Waals surface area contributed by atoms with Crippen molar-refractivity contribution in [1.82, 2.24) is 10.0 Å². The molecule has 0 saturated carbocycles. The van der Waals surface area contributed by atoms with E-state index in [0.717, 1.165) is 43.0 Å². The summed E-state index contributed by atoms with van der Waals surface area (Å²) in [6, 6.07) is 1.77. The van der Waals surface area contributed by atoms with Gasteiger partial charge in [0.25, 0.3) is 0 Å². The molecule has 4 nitrogen and oxygen atoms in total. The lowest BCUT2D eigenvalue weighted by Gasteiger charge is -2.21. The topological polar surface area (TPSA) is 58.2 Å². The van der Waals surface area contributed by atoms with Crippen LogP contribution in [0.25, 0.3) is 0 Å². The summed E-state index contributed by atoms with van der Waals surface area (Å²) >= 11 is 3.26. The van der Waals surface area contributed by atoms with Crippen LogP contribution in [0.5, 0.6) is 0 Å². The molecule has 1 aromatic heterocycles. The van der Waals surface area contributed by atoms with E-state index >= 15 is 0 Å². The molecule has 1 fully saturated rings. The van der Waals surface area contributed by atoms with Gasteiger partial charge in [-0.25, -0.2) is 13.1 Å². The molecule has 1 saturated heterocycles. The van der Waals surface area contributed by atoms with Gasteiger partial charge in [-0.05, 0) is 53.8 Å². The van der Waals surface area contributed by atoms with Gasteiger partial charge in [-0.1, -0.05) is 6.92 Å². The fourth-order valence-corrected chi connectivity index (χ4v) is 5.68. The highest BCUT2D eigenvalue weighted by molar-refractivity contribution is 7.99. The van der Waals surface area contributed by atoms with E-state index in [1.54, 1.807) is 6.07 Å². The van der Waals surface area contributed by atoms with Crippen molar-refractivity contribution >= 4 is 33.1 Å². The van der Waals surface area contributed by atoms with E-state index in [-0.39, 0.29) is 0 Å². The molecule has 2 rings (SSSR count). The van der Waals surface area contributed by atoms with Crippen LogP contribution in [-0.2, 0) is 16.6 Å². The van der Waals surface area contributed by atoms with Crippen molar-refractivity contribution in [3.8, 4) is 0 Å². The monoisotopic (exact) mass is 334 g/mol. The zero-order valence-electron chi connectivity index (χ0n) is 11.7. The summed E-state index contributed by atoms with van der Waals surface area (Å²) in [5, 5.41) is 5.11. The predicted molar refractivity (Wildman–Crippen MR) is 86.9 cm³/mol. The van der Waals surface area contributed by atoms with Gasteiger partial charge in [0.1, 0.15) is 4.21 Å². The maximum Gasteiger partial charge on any atom is 0.250 e. The summed E-state index contributed by atoms with van der Waals surface area (Å²) in [6.07, 6.45) is 2.23. The average molecular weight is 335 g/mol. The van der Waals surface area contributed by atoms with Crippen LogP contribution in [0.15, 0.2) is 15.7 Å². The highest BCUT2D eigenvalue weighted by Crippen LogP contribution is 2.24. The van der Waals surface area contributed by atoms with Crippen LogP contribution < -0.4 is 10.0 Å². The molecule has 0 amide bonds. The summed E-state index contributed by atoms with van der Waals surface area (Å²) < 4.78 is 27.7. The van der Waals surface area contributed by atoms with E-state index in [1.807, 2.05) is 24.1 Å². The third-order valence-electron chi connectivity index (χ3n) is 3.38. The Morgan fingerprint density at radius 3 is 2.80 bits per heavy atom. The van der Waals surface area contributed by atoms with Gasteiger partial charge >= 0.3 is 0 Å². The fraction of sp³-hybridized carbons (Fsp3) is 0.692. The lowest BCUT2D eigenvalue weighted by atomic mass is 10.0. The van der Waals surface area contributed by atoms with Gasteiger partial charge in [0, 0.05) is 13.1 Å². The Kier molecular flexibility index (Phi) is 6.35. The van der Waals surface area contributed by atoms with E-state index in [1.165, 1.54) is 11.3 Å². The van der Waals surface area contributed by atoms with Crippen LogP contribution in [0.4, 0.5) is 0 Å². The highest BCUT2D eigenvalue weighted by atomic mass is 32.2. The van der Waals surface area contributed by atoms with E-state index in [4.69, 9.17) is 0 Å². The summed E-state index contributed by atoms with van der Waals surface area (Å²) in [6.45, 7) is 4.22. The first kappa shape index (κ1) is 16.3. The molecule has 1 aromatic rings. The Balaban J connectivity index is 1.90. The first-order valence-electron chi connectivity index (χ1n) is 6.97. The number of sulfonamides is 1. The predicted octanol–water partition coefficient (Wildman–Crippen LogP) is 2.28. The summed E-state index contributed by atoms with van der Waals surface area (Å²) in [5.74, 6) is 2.79. The lowest BCUT2D eigenvalue weighted by molar-refractivity contribution is 0.477. The van der Waals surface area contributed by atoms with Crippen molar-refractivity contribution in [1.29, 1.82) is 0 Å². The zero-order chi connectivity index (χ0) is 14.4. The first-order chi connectivity index (χ1) is 9.62. The lowest BCUT2D eigenvalue weighted by Crippen LogP contribution is -2.30. The molecule has 2 N–H and O–H groups in total. The Labute approximate surface area is 129 Å². The molecule has 0 spiro atoms. The third-order valence-corrected chi connectivity index (χ3v) is 7.34. The molecule has 0 atom stereocenters. The molecule has 0 unspecified atom stereocenters. The van der Waals surface area contributed by atoms with Crippen molar-refractivity contribution in [3.63, 3.8) is 0 Å². The Bertz CT molecular complexity index is 507. The van der Waals surface area contributed by atoms with Crippen LogP contribution in [0, 0.1) is 5.92 Å². The van der Waals surface area contributed by atoms with Gasteiger partial charge in [0.05, 0.1) is 0 Å². The van der Waals surface area contributed by atoms with Crippen LogP contribution >= 0.6 is 23.1 Å². The third kappa shape index (κ3) is 4.73. The summed E-state index contributed by atoms with van der Waals surface area (Å²) in [5.41, 5.74) is 1.03. The molecule has 0 aromatic carbocycles. The van der Waals surface area contributed by atoms with E-state index in [2.05, 4.69) is 10.0 Å². The van der Waals surface area contributed by atoms with Crippen molar-refractivity contribution in [2.24, 2.45) is 5.92 Å². The van der Waals surface area contributed by atoms with Gasteiger partial charge in [0.15, 0.2) is 0 Å². The maximum absolute atomic E-state index is 12.2. The SMILES string of the molecule is CCNCc1csc(S(=O)(=O)NCC2CCSCC2)c1. The van der Waals surface area contributed by atoms with Gasteiger partial charge in [-0.2, -0.15) is 11.8 Å². The molecule has 0 bridgehead atoms. The molecule has 7 heteroatoms. The van der Waals surface area contributed by atoms with Crippen molar-refractivity contribution < 1.29 is 8.42 Å². The standard InChI is InChI=1S/C13H22N2O2S3/c1-2-14-8-12-7-13(19-10-12)20(16,17)15-9-11-3-5-18-6-4-11/h7,10-11,14-15H,2-6,8-9H2,1H3. The molecule has 0 radical (unpaired) electrons. The van der Waals surface area contributed by atoms with Gasteiger partial charge in [-0.3, -0.25) is 0 Å². The number of rotatable bonds is 7. The smallest absolute Gasteiger partial charge is 0.250 e. The van der Waals surface area contributed by atoms with Gasteiger partial charge < -0.3 is 5.32 Å². The molecule has 114 valence electrons. The molecule has 20 heavy (non-hydrogen) atoms. The molecule has 0 aliphatic carbocycles. The van der Waals surface area contributed by atoms with Crippen LogP contribution in [0.2, 0.25) is 0 Å². The maximum atomic E-state index is 12.2. The zero-order valence-corrected chi connectivity index (χ0v) is 14.2. The Morgan fingerprint density at radius 1 is 1.35 bits per heavy atom. The fourth-order valence-electron chi connectivity index (χ4n) is 2.11. The average Bonchev–Trinajstić information content (AvgIpc) is 2.94. The van der Waals surface area contributed by atoms with Crippen molar-refractivity contribution in [2.75, 3.05) is 24.6 Å². The minimum Gasteiger partial charge on any atom is -0.313 e.